The number of thiazole rings is 1. The lowest BCUT2D eigenvalue weighted by atomic mass is 10.2. The highest BCUT2D eigenvalue weighted by atomic mass is 32.1. The third kappa shape index (κ3) is 2.85. The number of nitrogens with zero attached hydrogens (tertiary/aromatic N) is 2. The minimum atomic E-state index is -0.438. The van der Waals surface area contributed by atoms with Crippen LogP contribution >= 0.6 is 11.3 Å². The van der Waals surface area contributed by atoms with Crippen LogP contribution in [0.25, 0.3) is 0 Å². The van der Waals surface area contributed by atoms with Gasteiger partial charge in [0.1, 0.15) is 11.1 Å². The van der Waals surface area contributed by atoms with E-state index in [9.17, 15) is 5.11 Å². The Labute approximate surface area is 106 Å². The summed E-state index contributed by atoms with van der Waals surface area (Å²) in [6.07, 6.45) is -0.369. The van der Waals surface area contributed by atoms with Gasteiger partial charge in [0.2, 0.25) is 0 Å². The van der Waals surface area contributed by atoms with E-state index in [1.54, 1.807) is 18.3 Å². The largest absolute Gasteiger partial charge is 0.388 e. The second-order valence-electron chi connectivity index (χ2n) is 4.43. The first-order chi connectivity index (χ1) is 8.11. The molecule has 2 heterocycles. The van der Waals surface area contributed by atoms with Crippen molar-refractivity contribution in [2.45, 2.75) is 33.0 Å². The van der Waals surface area contributed by atoms with E-state index in [0.717, 1.165) is 41.8 Å². The third-order valence-corrected chi connectivity index (χ3v) is 4.52. The maximum atomic E-state index is 9.63. The van der Waals surface area contributed by atoms with Crippen molar-refractivity contribution < 1.29 is 9.84 Å². The van der Waals surface area contributed by atoms with Crippen molar-refractivity contribution in [2.75, 3.05) is 26.2 Å². The molecule has 0 aromatic carbocycles. The summed E-state index contributed by atoms with van der Waals surface area (Å²) in [6, 6.07) is 0. The Bertz CT molecular complexity index is 379. The van der Waals surface area contributed by atoms with Gasteiger partial charge < -0.3 is 9.84 Å². The lowest BCUT2D eigenvalue weighted by Crippen LogP contribution is -2.38. The number of likely N-dealkylation sites (N-methyl/N-ethyl adjacent to an activating group) is 1. The number of rotatable bonds is 3. The van der Waals surface area contributed by atoms with Gasteiger partial charge in [-0.05, 0) is 20.4 Å². The Morgan fingerprint density at radius 2 is 2.41 bits per heavy atom. The summed E-state index contributed by atoms with van der Waals surface area (Å²) >= 11 is 1.57. The second-order valence-corrected chi connectivity index (χ2v) is 5.49. The highest BCUT2D eigenvalue weighted by Crippen LogP contribution is 2.31. The number of hydrogen-bond acceptors (Lipinski definition) is 5. The van der Waals surface area contributed by atoms with Gasteiger partial charge in [-0.1, -0.05) is 6.92 Å². The van der Waals surface area contributed by atoms with Crippen molar-refractivity contribution in [3.05, 3.63) is 15.6 Å². The van der Waals surface area contributed by atoms with Gasteiger partial charge in [-0.25, -0.2) is 4.98 Å². The first kappa shape index (κ1) is 13.0. The molecule has 0 aliphatic carbocycles. The van der Waals surface area contributed by atoms with E-state index >= 15 is 0 Å². The maximum absolute atomic E-state index is 9.63. The normalized spacial score (nSPS) is 23.9. The minimum absolute atomic E-state index is 0.0694. The number of aromatic nitrogens is 1. The van der Waals surface area contributed by atoms with E-state index in [-0.39, 0.29) is 6.10 Å². The molecule has 0 spiro atoms. The molecular formula is C12H20N2O2S. The van der Waals surface area contributed by atoms with Gasteiger partial charge in [0.05, 0.1) is 23.3 Å². The van der Waals surface area contributed by atoms with Crippen LogP contribution in [0.4, 0.5) is 0 Å². The van der Waals surface area contributed by atoms with Crippen LogP contribution in [0.1, 0.15) is 41.6 Å². The van der Waals surface area contributed by atoms with Gasteiger partial charge in [-0.3, -0.25) is 4.90 Å². The fourth-order valence-electron chi connectivity index (χ4n) is 2.09. The molecule has 0 saturated carbocycles. The Kier molecular flexibility index (Phi) is 4.14. The van der Waals surface area contributed by atoms with Crippen molar-refractivity contribution in [3.63, 3.8) is 0 Å². The highest BCUT2D eigenvalue weighted by molar-refractivity contribution is 7.11. The molecule has 2 unspecified atom stereocenters. The lowest BCUT2D eigenvalue weighted by Gasteiger charge is -2.30. The SMILES string of the molecule is CCN1CCOC(c2nc(C)c(C(C)O)s2)C1. The summed E-state index contributed by atoms with van der Waals surface area (Å²) in [5.74, 6) is 0. The molecule has 1 aliphatic rings. The van der Waals surface area contributed by atoms with Crippen molar-refractivity contribution in [2.24, 2.45) is 0 Å². The average molecular weight is 256 g/mol. The Morgan fingerprint density at radius 1 is 1.65 bits per heavy atom. The zero-order chi connectivity index (χ0) is 12.4. The predicted molar refractivity (Wildman–Crippen MR) is 68.3 cm³/mol. The van der Waals surface area contributed by atoms with Crippen molar-refractivity contribution >= 4 is 11.3 Å². The first-order valence-electron chi connectivity index (χ1n) is 6.11. The van der Waals surface area contributed by atoms with E-state index in [0.29, 0.717) is 0 Å². The molecule has 4 nitrogen and oxygen atoms in total. The standard InChI is InChI=1S/C12H20N2O2S/c1-4-14-5-6-16-10(7-14)12-13-8(2)11(17-12)9(3)15/h9-10,15H,4-7H2,1-3H3. The minimum Gasteiger partial charge on any atom is -0.388 e. The van der Waals surface area contributed by atoms with Gasteiger partial charge in [0.15, 0.2) is 0 Å². The number of ether oxygens (including phenoxy) is 1. The van der Waals surface area contributed by atoms with Crippen LogP contribution in [-0.4, -0.2) is 41.2 Å². The van der Waals surface area contributed by atoms with E-state index in [2.05, 4.69) is 16.8 Å². The molecular weight excluding hydrogens is 236 g/mol. The van der Waals surface area contributed by atoms with E-state index in [1.165, 1.54) is 0 Å². The van der Waals surface area contributed by atoms with Crippen molar-refractivity contribution in [1.29, 1.82) is 0 Å². The topological polar surface area (TPSA) is 45.6 Å². The number of hydrogen-bond donors (Lipinski definition) is 1. The lowest BCUT2D eigenvalue weighted by molar-refractivity contribution is -0.0282. The molecule has 0 bridgehead atoms. The summed E-state index contributed by atoms with van der Waals surface area (Å²) in [7, 11) is 0. The molecule has 5 heteroatoms. The zero-order valence-corrected chi connectivity index (χ0v) is 11.5. The zero-order valence-electron chi connectivity index (χ0n) is 10.6. The second kappa shape index (κ2) is 5.44. The number of aryl methyl sites for hydroxylation is 1. The van der Waals surface area contributed by atoms with E-state index in [4.69, 9.17) is 4.74 Å². The molecule has 1 aromatic rings. The third-order valence-electron chi connectivity index (χ3n) is 3.10. The smallest absolute Gasteiger partial charge is 0.123 e. The van der Waals surface area contributed by atoms with Crippen molar-refractivity contribution in [1.82, 2.24) is 9.88 Å². The molecule has 1 saturated heterocycles. The maximum Gasteiger partial charge on any atom is 0.123 e. The number of aliphatic hydroxyl groups is 1. The summed E-state index contributed by atoms with van der Waals surface area (Å²) < 4.78 is 5.77. The van der Waals surface area contributed by atoms with Gasteiger partial charge in [0, 0.05) is 13.1 Å². The van der Waals surface area contributed by atoms with Gasteiger partial charge in [-0.15, -0.1) is 11.3 Å². The molecule has 2 atom stereocenters. The van der Waals surface area contributed by atoms with Crippen LogP contribution in [0.15, 0.2) is 0 Å². The molecule has 1 aliphatic heterocycles. The van der Waals surface area contributed by atoms with Crippen LogP contribution in [0.5, 0.6) is 0 Å². The monoisotopic (exact) mass is 256 g/mol. The summed E-state index contributed by atoms with van der Waals surface area (Å²) in [5, 5.41) is 10.6. The summed E-state index contributed by atoms with van der Waals surface area (Å²) in [5.41, 5.74) is 0.928. The van der Waals surface area contributed by atoms with Crippen LogP contribution < -0.4 is 0 Å². The molecule has 1 fully saturated rings. The Morgan fingerprint density at radius 3 is 3.00 bits per heavy atom. The fraction of sp³-hybridized carbons (Fsp3) is 0.750. The van der Waals surface area contributed by atoms with Crippen LogP contribution in [0.3, 0.4) is 0 Å². The average Bonchev–Trinajstić information content (AvgIpc) is 2.71. The molecule has 17 heavy (non-hydrogen) atoms. The highest BCUT2D eigenvalue weighted by Gasteiger charge is 2.25. The quantitative estimate of drug-likeness (QED) is 0.897. The molecule has 96 valence electrons. The van der Waals surface area contributed by atoms with Gasteiger partial charge in [-0.2, -0.15) is 0 Å². The van der Waals surface area contributed by atoms with E-state index in [1.807, 2.05) is 6.92 Å². The Hall–Kier alpha value is -0.490. The molecule has 2 rings (SSSR count). The molecule has 1 N–H and O–H groups in total. The number of morpholine rings is 1. The fourth-order valence-corrected chi connectivity index (χ4v) is 3.14. The van der Waals surface area contributed by atoms with Crippen LogP contribution in [-0.2, 0) is 4.74 Å². The summed E-state index contributed by atoms with van der Waals surface area (Å²) in [6.45, 7) is 9.61. The first-order valence-corrected chi connectivity index (χ1v) is 6.92. The van der Waals surface area contributed by atoms with Gasteiger partial charge in [0.25, 0.3) is 0 Å². The number of aliphatic hydroxyl groups excluding tert-OH is 1. The van der Waals surface area contributed by atoms with Crippen LogP contribution in [0.2, 0.25) is 0 Å². The molecule has 0 radical (unpaired) electrons. The molecule has 0 amide bonds. The molecule has 1 aromatic heterocycles. The van der Waals surface area contributed by atoms with E-state index < -0.39 is 6.10 Å². The summed E-state index contributed by atoms with van der Waals surface area (Å²) in [4.78, 5) is 7.85. The van der Waals surface area contributed by atoms with Gasteiger partial charge >= 0.3 is 0 Å². The Balaban J connectivity index is 2.14. The van der Waals surface area contributed by atoms with Crippen LogP contribution in [0, 0.1) is 6.92 Å². The predicted octanol–water partition coefficient (Wildman–Crippen LogP) is 1.90. The van der Waals surface area contributed by atoms with Crippen molar-refractivity contribution in [3.8, 4) is 0 Å².